The normalized spacial score (nSPS) is 21.4. The third-order valence-electron chi connectivity index (χ3n) is 3.22. The van der Waals surface area contributed by atoms with Gasteiger partial charge in [-0.3, -0.25) is 0 Å². The zero-order chi connectivity index (χ0) is 14.1. The molecular formula is C15H11Cl2NO2. The minimum atomic E-state index is -0.435. The van der Waals surface area contributed by atoms with Gasteiger partial charge in [-0.15, -0.1) is 0 Å². The Labute approximate surface area is 126 Å². The smallest absolute Gasteiger partial charge is 0.408 e. The van der Waals surface area contributed by atoms with Crippen LogP contribution in [0.3, 0.4) is 0 Å². The maximum atomic E-state index is 11.6. The van der Waals surface area contributed by atoms with Gasteiger partial charge in [0.05, 0.1) is 6.04 Å². The molecule has 20 heavy (non-hydrogen) atoms. The van der Waals surface area contributed by atoms with Crippen molar-refractivity contribution in [1.82, 2.24) is 5.32 Å². The molecule has 1 amide bonds. The molecule has 2 aromatic rings. The summed E-state index contributed by atoms with van der Waals surface area (Å²) in [5, 5.41) is 4.07. The van der Waals surface area contributed by atoms with Crippen LogP contribution in [0.2, 0.25) is 10.0 Å². The number of carbonyl (C=O) groups is 1. The number of rotatable bonds is 2. The highest BCUT2D eigenvalue weighted by atomic mass is 35.5. The van der Waals surface area contributed by atoms with Crippen molar-refractivity contribution in [2.24, 2.45) is 0 Å². The van der Waals surface area contributed by atoms with E-state index in [4.69, 9.17) is 27.9 Å². The number of amides is 1. The standard InChI is InChI=1S/C15H11Cl2NO2/c16-11-6-4-9(5-7-11)13-14(20-15(19)18-13)10-2-1-3-12(17)8-10/h1-8,13-14H,(H,18,19)/t13-,14-/m1/s1. The Bertz CT molecular complexity index is 643. The van der Waals surface area contributed by atoms with Crippen LogP contribution >= 0.6 is 23.2 Å². The molecule has 0 bridgehead atoms. The van der Waals surface area contributed by atoms with Crippen molar-refractivity contribution in [3.8, 4) is 0 Å². The van der Waals surface area contributed by atoms with E-state index >= 15 is 0 Å². The van der Waals surface area contributed by atoms with Gasteiger partial charge < -0.3 is 10.1 Å². The molecule has 0 aliphatic carbocycles. The molecule has 0 saturated carbocycles. The Hall–Kier alpha value is -1.71. The maximum absolute atomic E-state index is 11.6. The highest BCUT2D eigenvalue weighted by molar-refractivity contribution is 6.30. The molecule has 3 rings (SSSR count). The molecule has 0 unspecified atom stereocenters. The monoisotopic (exact) mass is 307 g/mol. The SMILES string of the molecule is O=C1N[C@H](c2ccc(Cl)cc2)[C@@H](c2cccc(Cl)c2)O1. The zero-order valence-corrected chi connectivity index (χ0v) is 11.9. The van der Waals surface area contributed by atoms with Gasteiger partial charge in [0.15, 0.2) is 6.10 Å². The number of halogens is 2. The fraction of sp³-hybridized carbons (Fsp3) is 0.133. The van der Waals surface area contributed by atoms with Gasteiger partial charge >= 0.3 is 6.09 Å². The van der Waals surface area contributed by atoms with Crippen molar-refractivity contribution in [1.29, 1.82) is 0 Å². The molecular weight excluding hydrogens is 297 g/mol. The molecule has 0 aromatic heterocycles. The second kappa shape index (κ2) is 5.35. The van der Waals surface area contributed by atoms with E-state index in [1.807, 2.05) is 24.3 Å². The Morgan fingerprint density at radius 1 is 0.950 bits per heavy atom. The molecule has 1 aliphatic rings. The summed E-state index contributed by atoms with van der Waals surface area (Å²) in [6.45, 7) is 0. The van der Waals surface area contributed by atoms with Gasteiger partial charge in [-0.25, -0.2) is 4.79 Å². The van der Waals surface area contributed by atoms with E-state index < -0.39 is 12.2 Å². The Morgan fingerprint density at radius 3 is 2.40 bits per heavy atom. The zero-order valence-electron chi connectivity index (χ0n) is 10.3. The first-order valence-electron chi connectivity index (χ1n) is 6.11. The van der Waals surface area contributed by atoms with Crippen LogP contribution in [-0.2, 0) is 4.74 Å². The highest BCUT2D eigenvalue weighted by Gasteiger charge is 2.36. The summed E-state index contributed by atoms with van der Waals surface area (Å²) in [6.07, 6.45) is -0.836. The average molecular weight is 308 g/mol. The lowest BCUT2D eigenvalue weighted by Crippen LogP contribution is -2.19. The molecule has 1 saturated heterocycles. The predicted molar refractivity (Wildman–Crippen MR) is 78.0 cm³/mol. The van der Waals surface area contributed by atoms with E-state index in [-0.39, 0.29) is 6.04 Å². The van der Waals surface area contributed by atoms with Crippen LogP contribution < -0.4 is 5.32 Å². The number of carbonyl (C=O) groups excluding carboxylic acids is 1. The Morgan fingerprint density at radius 2 is 1.70 bits per heavy atom. The van der Waals surface area contributed by atoms with Gasteiger partial charge in [-0.2, -0.15) is 0 Å². The fourth-order valence-corrected chi connectivity index (χ4v) is 2.62. The Balaban J connectivity index is 1.96. The fourth-order valence-electron chi connectivity index (χ4n) is 2.29. The number of alkyl carbamates (subject to hydrolysis) is 1. The molecule has 3 nitrogen and oxygen atoms in total. The third-order valence-corrected chi connectivity index (χ3v) is 3.70. The van der Waals surface area contributed by atoms with Crippen LogP contribution in [0, 0.1) is 0 Å². The summed E-state index contributed by atoms with van der Waals surface area (Å²) in [6, 6.07) is 14.4. The van der Waals surface area contributed by atoms with E-state index in [0.717, 1.165) is 11.1 Å². The van der Waals surface area contributed by atoms with Gasteiger partial charge in [-0.05, 0) is 35.4 Å². The van der Waals surface area contributed by atoms with Gasteiger partial charge in [0, 0.05) is 10.0 Å². The van der Waals surface area contributed by atoms with Crippen molar-refractivity contribution in [3.05, 3.63) is 69.7 Å². The summed E-state index contributed by atoms with van der Waals surface area (Å²) in [5.41, 5.74) is 1.79. The second-order valence-electron chi connectivity index (χ2n) is 4.55. The minimum absolute atomic E-state index is 0.252. The molecule has 1 aliphatic heterocycles. The summed E-state index contributed by atoms with van der Waals surface area (Å²) >= 11 is 11.9. The largest absolute Gasteiger partial charge is 0.439 e. The lowest BCUT2D eigenvalue weighted by molar-refractivity contribution is 0.132. The average Bonchev–Trinajstić information content (AvgIpc) is 2.82. The van der Waals surface area contributed by atoms with Crippen LogP contribution in [0.1, 0.15) is 23.3 Å². The van der Waals surface area contributed by atoms with Crippen molar-refractivity contribution in [2.75, 3.05) is 0 Å². The number of benzene rings is 2. The number of hydrogen-bond acceptors (Lipinski definition) is 2. The van der Waals surface area contributed by atoms with Gasteiger partial charge in [0.2, 0.25) is 0 Å². The van der Waals surface area contributed by atoms with E-state index in [1.54, 1.807) is 24.3 Å². The molecule has 2 atom stereocenters. The minimum Gasteiger partial charge on any atom is -0.439 e. The lowest BCUT2D eigenvalue weighted by Gasteiger charge is -2.17. The van der Waals surface area contributed by atoms with Crippen LogP contribution in [0.25, 0.3) is 0 Å². The molecule has 102 valence electrons. The molecule has 0 radical (unpaired) electrons. The summed E-state index contributed by atoms with van der Waals surface area (Å²) in [7, 11) is 0. The topological polar surface area (TPSA) is 38.3 Å². The van der Waals surface area contributed by atoms with Gasteiger partial charge in [0.1, 0.15) is 0 Å². The second-order valence-corrected chi connectivity index (χ2v) is 5.43. The van der Waals surface area contributed by atoms with Crippen LogP contribution in [0.5, 0.6) is 0 Å². The molecule has 0 spiro atoms. The van der Waals surface area contributed by atoms with Crippen molar-refractivity contribution in [3.63, 3.8) is 0 Å². The molecule has 1 N–H and O–H groups in total. The van der Waals surface area contributed by atoms with Gasteiger partial charge in [-0.1, -0.05) is 47.5 Å². The van der Waals surface area contributed by atoms with E-state index in [0.29, 0.717) is 10.0 Å². The van der Waals surface area contributed by atoms with E-state index in [2.05, 4.69) is 5.32 Å². The van der Waals surface area contributed by atoms with E-state index in [9.17, 15) is 4.79 Å². The van der Waals surface area contributed by atoms with Crippen LogP contribution in [0.15, 0.2) is 48.5 Å². The molecule has 2 aromatic carbocycles. The Kier molecular flexibility index (Phi) is 3.55. The first-order valence-corrected chi connectivity index (χ1v) is 6.87. The van der Waals surface area contributed by atoms with Crippen molar-refractivity contribution >= 4 is 29.3 Å². The molecule has 1 heterocycles. The quantitative estimate of drug-likeness (QED) is 0.886. The van der Waals surface area contributed by atoms with Crippen molar-refractivity contribution < 1.29 is 9.53 Å². The van der Waals surface area contributed by atoms with Gasteiger partial charge in [0.25, 0.3) is 0 Å². The third kappa shape index (κ3) is 2.60. The first-order chi connectivity index (χ1) is 9.63. The van der Waals surface area contributed by atoms with E-state index in [1.165, 1.54) is 0 Å². The number of nitrogens with one attached hydrogen (secondary N) is 1. The molecule has 1 fully saturated rings. The van der Waals surface area contributed by atoms with Crippen molar-refractivity contribution in [2.45, 2.75) is 12.1 Å². The number of ether oxygens (including phenoxy) is 1. The molecule has 5 heteroatoms. The summed E-state index contributed by atoms with van der Waals surface area (Å²) in [4.78, 5) is 11.6. The lowest BCUT2D eigenvalue weighted by atomic mass is 9.97. The number of hydrogen-bond donors (Lipinski definition) is 1. The predicted octanol–water partition coefficient (Wildman–Crippen LogP) is 4.52. The van der Waals surface area contributed by atoms with Crippen LogP contribution in [-0.4, -0.2) is 6.09 Å². The summed E-state index contributed by atoms with van der Waals surface area (Å²) < 4.78 is 5.36. The maximum Gasteiger partial charge on any atom is 0.408 e. The highest BCUT2D eigenvalue weighted by Crippen LogP contribution is 2.37. The summed E-state index contributed by atoms with van der Waals surface area (Å²) in [5.74, 6) is 0. The number of cyclic esters (lactones) is 1. The first kappa shape index (κ1) is 13.3. The van der Waals surface area contributed by atoms with Crippen LogP contribution in [0.4, 0.5) is 4.79 Å².